The van der Waals surface area contributed by atoms with Gasteiger partial charge in [-0.05, 0) is 20.8 Å². The number of hydrogen-bond acceptors (Lipinski definition) is 38. The average molecular weight is 1390 g/mol. The van der Waals surface area contributed by atoms with Gasteiger partial charge in [-0.15, -0.1) is 0 Å². The maximum Gasteiger partial charge on any atom is 0.217 e. The highest BCUT2D eigenvalue weighted by atomic mass is 16.8. The smallest absolute Gasteiger partial charge is 0.217 e. The van der Waals surface area contributed by atoms with Crippen molar-refractivity contribution in [1.29, 1.82) is 0 Å². The Balaban J connectivity index is 1.14. The Hall–Kier alpha value is -2.99. The van der Waals surface area contributed by atoms with E-state index in [0.29, 0.717) is 0 Å². The molecule has 8 aliphatic rings. The van der Waals surface area contributed by atoms with E-state index in [9.17, 15) is 117 Å². The summed E-state index contributed by atoms with van der Waals surface area (Å²) in [5, 5.41) is 228. The lowest BCUT2D eigenvalue weighted by Crippen LogP contribution is -2.71. The van der Waals surface area contributed by atoms with Gasteiger partial charge in [-0.2, -0.15) is 0 Å². The van der Waals surface area contributed by atoms with Gasteiger partial charge < -0.3 is 189 Å². The van der Waals surface area contributed by atoms with Crippen LogP contribution in [0.5, 0.6) is 0 Å². The Bertz CT molecular complexity index is 2460. The molecule has 41 nitrogen and oxygen atoms in total. The summed E-state index contributed by atoms with van der Waals surface area (Å²) in [6.07, 6.45) is -71.4. The molecule has 1 unspecified atom stereocenters. The number of aliphatic hydroxyl groups excluding tert-OH is 20. The van der Waals surface area contributed by atoms with E-state index in [1.54, 1.807) is 0 Å². The first-order valence-electron chi connectivity index (χ1n) is 30.7. The van der Waals surface area contributed by atoms with E-state index in [0.717, 1.165) is 20.8 Å². The van der Waals surface area contributed by atoms with Crippen molar-refractivity contribution < 1.29 is 188 Å². The zero-order valence-corrected chi connectivity index (χ0v) is 51.9. The quantitative estimate of drug-likeness (QED) is 0.0479. The van der Waals surface area contributed by atoms with Crippen molar-refractivity contribution in [1.82, 2.24) is 16.0 Å². The third kappa shape index (κ3) is 17.0. The zero-order valence-electron chi connectivity index (χ0n) is 51.9. The molecule has 0 bridgehead atoms. The van der Waals surface area contributed by atoms with Crippen LogP contribution in [0, 0.1) is 0 Å². The fourth-order valence-corrected chi connectivity index (χ4v) is 12.4. The van der Waals surface area contributed by atoms with Gasteiger partial charge in [-0.1, -0.05) is 0 Å². The number of amides is 3. The van der Waals surface area contributed by atoms with E-state index in [1.807, 2.05) is 0 Å². The molecule has 8 aliphatic heterocycles. The van der Waals surface area contributed by atoms with Crippen molar-refractivity contribution in [3.8, 4) is 0 Å². The molecule has 41 heteroatoms. The summed E-state index contributed by atoms with van der Waals surface area (Å²) < 4.78 is 90.1. The highest BCUT2D eigenvalue weighted by Gasteiger charge is 2.60. The second-order valence-electron chi connectivity index (χ2n) is 24.6. The summed E-state index contributed by atoms with van der Waals surface area (Å²) in [4.78, 5) is 38.8. The molecule has 550 valence electrons. The van der Waals surface area contributed by atoms with E-state index < -0.39 is 296 Å². The summed E-state index contributed by atoms with van der Waals surface area (Å²) in [5.74, 6) is -2.61. The second kappa shape index (κ2) is 33.2. The minimum absolute atomic E-state index is 0.810. The Morgan fingerprint density at radius 3 is 1.13 bits per heavy atom. The van der Waals surface area contributed by atoms with Crippen LogP contribution in [0.2, 0.25) is 0 Å². The van der Waals surface area contributed by atoms with Crippen LogP contribution in [0.4, 0.5) is 0 Å². The van der Waals surface area contributed by atoms with Gasteiger partial charge in [0.1, 0.15) is 177 Å². The van der Waals surface area contributed by atoms with Gasteiger partial charge in [0, 0.05) is 20.8 Å². The molecule has 0 aromatic rings. The number of hydrogen-bond donors (Lipinski definition) is 23. The molecule has 8 saturated heterocycles. The number of ether oxygens (including phenoxy) is 15. The maximum absolute atomic E-state index is 13.3. The third-order valence-corrected chi connectivity index (χ3v) is 17.7. The van der Waals surface area contributed by atoms with E-state index in [2.05, 4.69) is 16.0 Å². The molecule has 40 atom stereocenters. The lowest BCUT2D eigenvalue weighted by atomic mass is 9.93. The normalized spacial score (nSPS) is 50.7. The Morgan fingerprint density at radius 1 is 0.295 bits per heavy atom. The molecule has 0 aromatic carbocycles. The fraction of sp³-hybridized carbons (Fsp3) is 0.944. The Labute approximate surface area is 540 Å². The van der Waals surface area contributed by atoms with Crippen LogP contribution in [0.15, 0.2) is 0 Å². The van der Waals surface area contributed by atoms with Crippen LogP contribution in [0.1, 0.15) is 41.5 Å². The standard InChI is InChI=1S/C54H91N3O38/c1-12-26(65)34(73)38(77)50(82-12)90-41-21(10-61)89-48(25(57-17(6)64)43(41)92-49-23(55-15(4)62)33(72)29(68)18(7-58)86-49)81-11-22-32(71)42(24(47(80)85-22)56-16(5)63)91-54-46(95-52-40(79)36(75)28(67)14(3)84-52)44(31(70)20(9-60)88-54)93-53-45(37(76)30(69)19(8-59)87-53)94-51-39(78)35(74)27(66)13(2)83-51/h12-14,18-54,58-61,65-80H,7-11H2,1-6H3,(H,55,62)(H,56,63)(H,57,64)/t12-,13-,14-,18+,19+,20+,21+,22+,23+,24+,25+,26+,27+,28+,29+,30-,31-,32-,33+,34+,35+,36+,37-,38-,39-,40-,41+,42+,43+,44-,45+,46+,47?,48+,49-,50-,51-,52-,53-,54-/m0/s1. The van der Waals surface area contributed by atoms with Crippen molar-refractivity contribution in [3.63, 3.8) is 0 Å². The lowest BCUT2D eigenvalue weighted by Gasteiger charge is -2.51. The number of aliphatic hydroxyl groups is 20. The number of carbonyl (C=O) groups is 3. The highest BCUT2D eigenvalue weighted by molar-refractivity contribution is 5.74. The molecule has 3 amide bonds. The topological polar surface area (TPSA) is 630 Å². The van der Waals surface area contributed by atoms with Crippen molar-refractivity contribution >= 4 is 17.7 Å². The van der Waals surface area contributed by atoms with E-state index in [4.69, 9.17) is 71.1 Å². The molecule has 0 spiro atoms. The zero-order chi connectivity index (χ0) is 70.1. The molecular formula is C54H91N3O38. The molecule has 0 saturated carbocycles. The lowest BCUT2D eigenvalue weighted by molar-refractivity contribution is -0.410. The van der Waals surface area contributed by atoms with Gasteiger partial charge in [0.25, 0.3) is 0 Å². The van der Waals surface area contributed by atoms with Gasteiger partial charge in [-0.25, -0.2) is 0 Å². The van der Waals surface area contributed by atoms with Crippen molar-refractivity contribution in [2.45, 2.75) is 287 Å². The minimum Gasteiger partial charge on any atom is -0.394 e. The SMILES string of the molecule is CC(=O)N[C@H]1[C@H](O[C@@H]2[C@@H](NC(C)=O)[C@H](OC[C@H]3OC(O)[C@H](NC(C)=O)[C@@H](O[C@@H]4O[C@H](CO)[C@H](O)[C@H](O[C@@H]5O[C@H](CO)[C@H](O)[C@H](O)[C@H]5O[C@@H]5O[C@@H](C)[C@@H](O)[C@@H](O)[C@@H]5O)[C@H]4O[C@@H]4O[C@@H](C)[C@@H](O)[C@@H](O)[C@@H]4O)[C@H]3O)O[C@H](CO)[C@H]2O[C@@H]2O[C@@H](C)[C@@H](O)[C@@H](O)[C@@H]2O)O[C@H](CO)[C@@H](O)[C@@H]1O. The van der Waals surface area contributed by atoms with Gasteiger partial charge in [0.15, 0.2) is 50.3 Å². The number of nitrogens with one attached hydrogen (secondary N) is 3. The van der Waals surface area contributed by atoms with Crippen LogP contribution in [0.25, 0.3) is 0 Å². The fourth-order valence-electron chi connectivity index (χ4n) is 12.4. The number of rotatable bonds is 22. The molecule has 0 radical (unpaired) electrons. The largest absolute Gasteiger partial charge is 0.394 e. The first kappa shape index (κ1) is 77.7. The molecule has 8 rings (SSSR count). The molecule has 95 heavy (non-hydrogen) atoms. The molecule has 0 aliphatic carbocycles. The first-order chi connectivity index (χ1) is 44.8. The van der Waals surface area contributed by atoms with Crippen LogP contribution < -0.4 is 16.0 Å². The van der Waals surface area contributed by atoms with E-state index in [1.165, 1.54) is 20.8 Å². The van der Waals surface area contributed by atoms with Gasteiger partial charge in [-0.3, -0.25) is 14.4 Å². The van der Waals surface area contributed by atoms with Crippen molar-refractivity contribution in [2.24, 2.45) is 0 Å². The van der Waals surface area contributed by atoms with E-state index >= 15 is 0 Å². The summed E-state index contributed by atoms with van der Waals surface area (Å²) in [6, 6.07) is -5.40. The van der Waals surface area contributed by atoms with Crippen molar-refractivity contribution in [2.75, 3.05) is 33.0 Å². The highest BCUT2D eigenvalue weighted by Crippen LogP contribution is 2.40. The molecule has 8 heterocycles. The van der Waals surface area contributed by atoms with Crippen molar-refractivity contribution in [3.05, 3.63) is 0 Å². The van der Waals surface area contributed by atoms with Crippen LogP contribution >= 0.6 is 0 Å². The summed E-state index contributed by atoms with van der Waals surface area (Å²) in [6.45, 7) is 1.61. The molecule has 8 fully saturated rings. The Kier molecular flexibility index (Phi) is 27.2. The van der Waals surface area contributed by atoms with Crippen LogP contribution in [-0.2, 0) is 85.4 Å². The monoisotopic (exact) mass is 1390 g/mol. The van der Waals surface area contributed by atoms with Gasteiger partial charge in [0.05, 0.1) is 51.3 Å². The van der Waals surface area contributed by atoms with E-state index in [-0.39, 0.29) is 0 Å². The van der Waals surface area contributed by atoms with Crippen LogP contribution in [-0.4, -0.2) is 398 Å². The van der Waals surface area contributed by atoms with Gasteiger partial charge in [0.2, 0.25) is 17.7 Å². The molecular weight excluding hydrogens is 1300 g/mol. The minimum atomic E-state index is -2.29. The molecule has 23 N–H and O–H groups in total. The average Bonchev–Trinajstić information content (AvgIpc) is 0.770. The second-order valence-corrected chi connectivity index (χ2v) is 24.6. The summed E-state index contributed by atoms with van der Waals surface area (Å²) >= 11 is 0. The summed E-state index contributed by atoms with van der Waals surface area (Å²) in [5.41, 5.74) is 0. The molecule has 0 aromatic heterocycles. The van der Waals surface area contributed by atoms with Crippen LogP contribution in [0.3, 0.4) is 0 Å². The third-order valence-electron chi connectivity index (χ3n) is 17.7. The Morgan fingerprint density at radius 2 is 0.653 bits per heavy atom. The first-order valence-corrected chi connectivity index (χ1v) is 30.7. The van der Waals surface area contributed by atoms with Gasteiger partial charge >= 0.3 is 0 Å². The number of carbonyl (C=O) groups excluding carboxylic acids is 3. The maximum atomic E-state index is 13.3. The summed E-state index contributed by atoms with van der Waals surface area (Å²) in [7, 11) is 0. The predicted molar refractivity (Wildman–Crippen MR) is 295 cm³/mol. The predicted octanol–water partition coefficient (Wildman–Crippen LogP) is -14.9.